The van der Waals surface area contributed by atoms with E-state index in [1.54, 1.807) is 6.07 Å². The van der Waals surface area contributed by atoms with Crippen LogP contribution in [-0.4, -0.2) is 12.5 Å². The summed E-state index contributed by atoms with van der Waals surface area (Å²) in [5.41, 5.74) is 4.13. The number of halogens is 1. The number of carbonyl (C=O) groups is 1. The van der Waals surface area contributed by atoms with Gasteiger partial charge in [0, 0.05) is 17.3 Å². The Morgan fingerprint density at radius 2 is 1.86 bits per heavy atom. The lowest BCUT2D eigenvalue weighted by molar-refractivity contribution is -0.115. The van der Waals surface area contributed by atoms with Crippen LogP contribution in [0, 0.1) is 13.8 Å². The average Bonchev–Trinajstić information content (AvgIpc) is 2.45. The fourth-order valence-electron chi connectivity index (χ4n) is 1.99. The molecule has 0 saturated carbocycles. The van der Waals surface area contributed by atoms with Crippen LogP contribution >= 0.6 is 11.6 Å². The first-order valence-corrected chi connectivity index (χ1v) is 7.25. The second-order valence-corrected chi connectivity index (χ2v) is 5.45. The Hall–Kier alpha value is -1.84. The molecule has 2 aromatic rings. The molecule has 0 heterocycles. The standard InChI is InChI=1S/C17H19ClN2O/c1-12-5-3-4-6-14(12)10-19-11-17(21)20-15-8-7-13(2)16(18)9-15/h3-9,19H,10-11H2,1-2H3,(H,20,21). The predicted molar refractivity (Wildman–Crippen MR) is 87.7 cm³/mol. The molecule has 0 aliphatic heterocycles. The molecule has 0 atom stereocenters. The van der Waals surface area contributed by atoms with E-state index in [0.717, 1.165) is 5.56 Å². The molecule has 0 aliphatic rings. The second-order valence-electron chi connectivity index (χ2n) is 5.04. The van der Waals surface area contributed by atoms with Gasteiger partial charge in [0.05, 0.1) is 6.54 Å². The van der Waals surface area contributed by atoms with Gasteiger partial charge in [-0.3, -0.25) is 4.79 Å². The molecule has 2 aromatic carbocycles. The van der Waals surface area contributed by atoms with Crippen LogP contribution < -0.4 is 10.6 Å². The Bertz CT molecular complexity index is 640. The average molecular weight is 303 g/mol. The van der Waals surface area contributed by atoms with Crippen molar-refractivity contribution in [3.05, 3.63) is 64.2 Å². The molecule has 0 unspecified atom stereocenters. The highest BCUT2D eigenvalue weighted by Gasteiger charge is 2.04. The molecule has 2 rings (SSSR count). The van der Waals surface area contributed by atoms with Crippen molar-refractivity contribution in [1.82, 2.24) is 5.32 Å². The Labute approximate surface area is 130 Å². The molecule has 0 radical (unpaired) electrons. The number of benzene rings is 2. The maximum atomic E-state index is 11.9. The van der Waals surface area contributed by atoms with Gasteiger partial charge >= 0.3 is 0 Å². The summed E-state index contributed by atoms with van der Waals surface area (Å²) in [4.78, 5) is 11.9. The summed E-state index contributed by atoms with van der Waals surface area (Å²) in [7, 11) is 0. The summed E-state index contributed by atoms with van der Waals surface area (Å²) in [6, 6.07) is 13.6. The van der Waals surface area contributed by atoms with Crippen molar-refractivity contribution in [1.29, 1.82) is 0 Å². The molecule has 21 heavy (non-hydrogen) atoms. The van der Waals surface area contributed by atoms with Crippen molar-refractivity contribution in [2.75, 3.05) is 11.9 Å². The summed E-state index contributed by atoms with van der Waals surface area (Å²) in [6.45, 7) is 4.93. The van der Waals surface area contributed by atoms with E-state index in [1.807, 2.05) is 31.2 Å². The third-order valence-corrected chi connectivity index (χ3v) is 3.73. The number of carbonyl (C=O) groups excluding carboxylic acids is 1. The van der Waals surface area contributed by atoms with Crippen molar-refractivity contribution >= 4 is 23.2 Å². The van der Waals surface area contributed by atoms with Gasteiger partial charge in [-0.15, -0.1) is 0 Å². The highest BCUT2D eigenvalue weighted by molar-refractivity contribution is 6.31. The minimum absolute atomic E-state index is 0.0801. The summed E-state index contributed by atoms with van der Waals surface area (Å²) in [5, 5.41) is 6.62. The maximum absolute atomic E-state index is 11.9. The largest absolute Gasteiger partial charge is 0.325 e. The Kier molecular flexibility index (Phi) is 5.37. The second kappa shape index (κ2) is 7.25. The third kappa shape index (κ3) is 4.59. The zero-order chi connectivity index (χ0) is 15.2. The quantitative estimate of drug-likeness (QED) is 0.884. The number of hydrogen-bond acceptors (Lipinski definition) is 2. The van der Waals surface area contributed by atoms with Crippen LogP contribution in [0.2, 0.25) is 5.02 Å². The van der Waals surface area contributed by atoms with Crippen molar-refractivity contribution in [3.8, 4) is 0 Å². The summed E-state index contributed by atoms with van der Waals surface area (Å²) in [5.74, 6) is -0.0801. The van der Waals surface area contributed by atoms with Gasteiger partial charge in [-0.05, 0) is 42.7 Å². The van der Waals surface area contributed by atoms with E-state index in [2.05, 4.69) is 29.7 Å². The third-order valence-electron chi connectivity index (χ3n) is 3.32. The number of aryl methyl sites for hydroxylation is 2. The normalized spacial score (nSPS) is 10.4. The molecule has 1 amide bonds. The number of anilines is 1. The lowest BCUT2D eigenvalue weighted by atomic mass is 10.1. The maximum Gasteiger partial charge on any atom is 0.238 e. The van der Waals surface area contributed by atoms with Crippen molar-refractivity contribution in [2.24, 2.45) is 0 Å². The van der Waals surface area contributed by atoms with Crippen molar-refractivity contribution in [3.63, 3.8) is 0 Å². The fraction of sp³-hybridized carbons (Fsp3) is 0.235. The minimum atomic E-state index is -0.0801. The molecule has 3 nitrogen and oxygen atoms in total. The molecule has 0 fully saturated rings. The molecule has 2 N–H and O–H groups in total. The van der Waals surface area contributed by atoms with E-state index in [4.69, 9.17) is 11.6 Å². The molecule has 0 bridgehead atoms. The Balaban J connectivity index is 1.82. The van der Waals surface area contributed by atoms with Crippen LogP contribution in [0.1, 0.15) is 16.7 Å². The first-order chi connectivity index (χ1) is 10.1. The highest BCUT2D eigenvalue weighted by atomic mass is 35.5. The molecule has 0 spiro atoms. The van der Waals surface area contributed by atoms with E-state index in [1.165, 1.54) is 11.1 Å². The molecule has 0 saturated heterocycles. The van der Waals surface area contributed by atoms with Gasteiger partial charge in [-0.2, -0.15) is 0 Å². The van der Waals surface area contributed by atoms with Gasteiger partial charge in [-0.1, -0.05) is 41.9 Å². The minimum Gasteiger partial charge on any atom is -0.325 e. The van der Waals surface area contributed by atoms with Gasteiger partial charge in [0.1, 0.15) is 0 Å². The smallest absolute Gasteiger partial charge is 0.238 e. The van der Waals surface area contributed by atoms with Crippen LogP contribution in [-0.2, 0) is 11.3 Å². The number of amides is 1. The van der Waals surface area contributed by atoms with Crippen LogP contribution in [0.25, 0.3) is 0 Å². The Morgan fingerprint density at radius 1 is 1.10 bits per heavy atom. The first kappa shape index (κ1) is 15.5. The summed E-state index contributed by atoms with van der Waals surface area (Å²) < 4.78 is 0. The van der Waals surface area contributed by atoms with E-state index < -0.39 is 0 Å². The molecular weight excluding hydrogens is 284 g/mol. The van der Waals surface area contributed by atoms with Crippen molar-refractivity contribution < 1.29 is 4.79 Å². The van der Waals surface area contributed by atoms with Gasteiger partial charge < -0.3 is 10.6 Å². The lowest BCUT2D eigenvalue weighted by Crippen LogP contribution is -2.27. The van der Waals surface area contributed by atoms with Gasteiger partial charge in [0.2, 0.25) is 5.91 Å². The van der Waals surface area contributed by atoms with Crippen LogP contribution in [0.5, 0.6) is 0 Å². The van der Waals surface area contributed by atoms with Gasteiger partial charge in [0.15, 0.2) is 0 Å². The SMILES string of the molecule is Cc1ccc(NC(=O)CNCc2ccccc2C)cc1Cl. The monoisotopic (exact) mass is 302 g/mol. The molecule has 4 heteroatoms. The predicted octanol–water partition coefficient (Wildman–Crippen LogP) is 3.69. The molecule has 110 valence electrons. The van der Waals surface area contributed by atoms with Gasteiger partial charge in [0.25, 0.3) is 0 Å². The number of nitrogens with one attached hydrogen (secondary N) is 2. The van der Waals surface area contributed by atoms with Crippen LogP contribution in [0.4, 0.5) is 5.69 Å². The molecular formula is C17H19ClN2O. The van der Waals surface area contributed by atoms with E-state index in [9.17, 15) is 4.79 Å². The first-order valence-electron chi connectivity index (χ1n) is 6.87. The van der Waals surface area contributed by atoms with E-state index in [-0.39, 0.29) is 12.5 Å². The summed E-state index contributed by atoms with van der Waals surface area (Å²) in [6.07, 6.45) is 0. The number of rotatable bonds is 5. The fourth-order valence-corrected chi connectivity index (χ4v) is 2.18. The number of hydrogen-bond donors (Lipinski definition) is 2. The van der Waals surface area contributed by atoms with Gasteiger partial charge in [-0.25, -0.2) is 0 Å². The molecule has 0 aliphatic carbocycles. The highest BCUT2D eigenvalue weighted by Crippen LogP contribution is 2.19. The topological polar surface area (TPSA) is 41.1 Å². The molecule has 0 aromatic heterocycles. The lowest BCUT2D eigenvalue weighted by Gasteiger charge is -2.09. The van der Waals surface area contributed by atoms with E-state index >= 15 is 0 Å². The Morgan fingerprint density at radius 3 is 2.57 bits per heavy atom. The van der Waals surface area contributed by atoms with Crippen LogP contribution in [0.3, 0.4) is 0 Å². The van der Waals surface area contributed by atoms with E-state index in [0.29, 0.717) is 17.3 Å². The van der Waals surface area contributed by atoms with Crippen molar-refractivity contribution in [2.45, 2.75) is 20.4 Å². The zero-order valence-electron chi connectivity index (χ0n) is 12.2. The summed E-state index contributed by atoms with van der Waals surface area (Å²) >= 11 is 6.03. The zero-order valence-corrected chi connectivity index (χ0v) is 13.0. The van der Waals surface area contributed by atoms with Crippen LogP contribution in [0.15, 0.2) is 42.5 Å².